The molecular formula is C17H13NO5. The second-order valence-electron chi connectivity index (χ2n) is 4.89. The smallest absolute Gasteiger partial charge is 0.335 e. The van der Waals surface area contributed by atoms with E-state index >= 15 is 0 Å². The number of ether oxygens (including phenoxy) is 2. The van der Waals surface area contributed by atoms with E-state index in [2.05, 4.69) is 4.99 Å². The van der Waals surface area contributed by atoms with Crippen LogP contribution < -0.4 is 4.74 Å². The Morgan fingerprint density at radius 1 is 1.39 bits per heavy atom. The lowest BCUT2D eigenvalue weighted by Crippen LogP contribution is -2.31. The number of aliphatic carboxylic acids is 1. The van der Waals surface area contributed by atoms with Crippen molar-refractivity contribution in [1.29, 1.82) is 0 Å². The number of hydrogen-bond acceptors (Lipinski definition) is 4. The number of amides is 1. The van der Waals surface area contributed by atoms with Crippen molar-refractivity contribution in [2.45, 2.75) is 6.10 Å². The van der Waals surface area contributed by atoms with Crippen LogP contribution in [0.1, 0.15) is 5.56 Å². The van der Waals surface area contributed by atoms with Crippen molar-refractivity contribution in [3.63, 3.8) is 0 Å². The molecule has 1 aromatic carbocycles. The van der Waals surface area contributed by atoms with E-state index in [1.807, 2.05) is 12.1 Å². The molecule has 2 aliphatic rings. The number of carboxylic acids is 1. The van der Waals surface area contributed by atoms with Gasteiger partial charge in [-0.25, -0.2) is 9.79 Å². The van der Waals surface area contributed by atoms with E-state index in [0.717, 1.165) is 0 Å². The minimum absolute atomic E-state index is 0.0635. The van der Waals surface area contributed by atoms with Crippen molar-refractivity contribution in [3.05, 3.63) is 59.4 Å². The van der Waals surface area contributed by atoms with Gasteiger partial charge in [0.25, 0.3) is 0 Å². The summed E-state index contributed by atoms with van der Waals surface area (Å²) in [5.74, 6) is -0.942. The van der Waals surface area contributed by atoms with E-state index in [1.54, 1.807) is 31.4 Å². The van der Waals surface area contributed by atoms with E-state index in [1.165, 1.54) is 12.2 Å². The second kappa shape index (κ2) is 5.92. The van der Waals surface area contributed by atoms with E-state index in [9.17, 15) is 9.59 Å². The van der Waals surface area contributed by atoms with Gasteiger partial charge in [-0.15, -0.1) is 0 Å². The maximum absolute atomic E-state index is 12.1. The van der Waals surface area contributed by atoms with Crippen LogP contribution in [0.15, 0.2) is 58.8 Å². The SMILES string of the molecule is COc1ccccc1/C=C1/OC2C=CC(C(=O)O)=CC2=NC1=O. The molecule has 116 valence electrons. The minimum Gasteiger partial charge on any atom is -0.496 e. The Hall–Kier alpha value is -3.15. The number of fused-ring (bicyclic) bond motifs is 1. The molecule has 6 nitrogen and oxygen atoms in total. The van der Waals surface area contributed by atoms with Gasteiger partial charge < -0.3 is 14.6 Å². The molecule has 0 spiro atoms. The number of carbonyl (C=O) groups is 2. The molecule has 1 aliphatic heterocycles. The molecule has 0 bridgehead atoms. The van der Waals surface area contributed by atoms with E-state index in [0.29, 0.717) is 11.3 Å². The first-order chi connectivity index (χ1) is 11.1. The topological polar surface area (TPSA) is 85.2 Å². The Morgan fingerprint density at radius 2 is 2.17 bits per heavy atom. The number of carboxylic acid groups (broad SMARTS) is 1. The van der Waals surface area contributed by atoms with Gasteiger partial charge in [-0.1, -0.05) is 18.2 Å². The Bertz CT molecular complexity index is 801. The molecule has 1 atom stereocenters. The molecule has 1 aromatic rings. The molecule has 0 aromatic heterocycles. The number of rotatable bonds is 3. The predicted molar refractivity (Wildman–Crippen MR) is 83.1 cm³/mol. The summed E-state index contributed by atoms with van der Waals surface area (Å²) < 4.78 is 10.9. The first-order valence-electron chi connectivity index (χ1n) is 6.86. The molecule has 23 heavy (non-hydrogen) atoms. The third kappa shape index (κ3) is 2.91. The van der Waals surface area contributed by atoms with Gasteiger partial charge in [-0.05, 0) is 30.4 Å². The third-order valence-electron chi connectivity index (χ3n) is 3.41. The highest BCUT2D eigenvalue weighted by Gasteiger charge is 2.29. The summed E-state index contributed by atoms with van der Waals surface area (Å²) in [6.45, 7) is 0. The molecule has 1 N–H and O–H groups in total. The summed E-state index contributed by atoms with van der Waals surface area (Å²) in [5, 5.41) is 8.97. The number of hydrogen-bond donors (Lipinski definition) is 1. The van der Waals surface area contributed by atoms with E-state index < -0.39 is 18.0 Å². The molecule has 1 aliphatic carbocycles. The van der Waals surface area contributed by atoms with Crippen molar-refractivity contribution in [2.24, 2.45) is 4.99 Å². The summed E-state index contributed by atoms with van der Waals surface area (Å²) in [6, 6.07) is 7.21. The Morgan fingerprint density at radius 3 is 2.91 bits per heavy atom. The normalized spacial score (nSPS) is 21.2. The number of aliphatic imine (C=N–C) groups is 1. The number of nitrogens with zero attached hydrogens (tertiary/aromatic N) is 1. The molecule has 0 fully saturated rings. The van der Waals surface area contributed by atoms with Gasteiger partial charge >= 0.3 is 11.9 Å². The lowest BCUT2D eigenvalue weighted by molar-refractivity contribution is -0.132. The average Bonchev–Trinajstić information content (AvgIpc) is 2.55. The average molecular weight is 311 g/mol. The van der Waals surface area contributed by atoms with Gasteiger partial charge in [-0.3, -0.25) is 4.79 Å². The highest BCUT2D eigenvalue weighted by molar-refractivity contribution is 6.16. The quantitative estimate of drug-likeness (QED) is 0.863. The highest BCUT2D eigenvalue weighted by atomic mass is 16.5. The largest absolute Gasteiger partial charge is 0.496 e. The van der Waals surface area contributed by atoms with Crippen LogP contribution in [0.5, 0.6) is 5.75 Å². The summed E-state index contributed by atoms with van der Waals surface area (Å²) in [4.78, 5) is 27.0. The molecular weight excluding hydrogens is 298 g/mol. The fraction of sp³-hybridized carbons (Fsp3) is 0.118. The highest BCUT2D eigenvalue weighted by Crippen LogP contribution is 2.25. The molecule has 1 amide bonds. The number of para-hydroxylation sites is 1. The summed E-state index contributed by atoms with van der Waals surface area (Å²) >= 11 is 0. The fourth-order valence-electron chi connectivity index (χ4n) is 2.29. The van der Waals surface area contributed by atoms with Gasteiger partial charge in [0.2, 0.25) is 0 Å². The van der Waals surface area contributed by atoms with Gasteiger partial charge in [0.1, 0.15) is 5.75 Å². The third-order valence-corrected chi connectivity index (χ3v) is 3.41. The first-order valence-corrected chi connectivity index (χ1v) is 6.86. The predicted octanol–water partition coefficient (Wildman–Crippen LogP) is 1.98. The minimum atomic E-state index is -1.08. The zero-order valence-electron chi connectivity index (χ0n) is 12.2. The van der Waals surface area contributed by atoms with Crippen molar-refractivity contribution in [3.8, 4) is 5.75 Å². The van der Waals surface area contributed by atoms with E-state index in [4.69, 9.17) is 14.6 Å². The van der Waals surface area contributed by atoms with Crippen LogP contribution >= 0.6 is 0 Å². The first kappa shape index (κ1) is 14.8. The van der Waals surface area contributed by atoms with Crippen molar-refractivity contribution >= 4 is 23.7 Å². The monoisotopic (exact) mass is 311 g/mol. The summed E-state index contributed by atoms with van der Waals surface area (Å²) in [5.41, 5.74) is 1.04. The summed E-state index contributed by atoms with van der Waals surface area (Å²) in [7, 11) is 1.54. The Labute approximate surface area is 132 Å². The van der Waals surface area contributed by atoms with Gasteiger partial charge in [0.05, 0.1) is 18.4 Å². The standard InChI is InChI=1S/C17H13NO5/c1-22-13-5-3-2-4-10(13)9-15-16(19)18-12-8-11(17(20)21)6-7-14(12)23-15/h2-9,14H,1H3,(H,20,21)/b15-9+. The zero-order chi connectivity index (χ0) is 16.4. The van der Waals surface area contributed by atoms with Crippen LogP contribution in [0.2, 0.25) is 0 Å². The molecule has 3 rings (SSSR count). The van der Waals surface area contributed by atoms with Crippen LogP contribution in [0.25, 0.3) is 6.08 Å². The van der Waals surface area contributed by atoms with Gasteiger partial charge in [-0.2, -0.15) is 0 Å². The number of methoxy groups -OCH3 is 1. The van der Waals surface area contributed by atoms with Crippen molar-refractivity contribution < 1.29 is 24.2 Å². The molecule has 0 saturated carbocycles. The maximum Gasteiger partial charge on any atom is 0.335 e. The molecule has 0 radical (unpaired) electrons. The fourth-order valence-corrected chi connectivity index (χ4v) is 2.29. The van der Waals surface area contributed by atoms with Crippen LogP contribution in [0.3, 0.4) is 0 Å². The number of carbonyl (C=O) groups excluding carboxylic acids is 1. The second-order valence-corrected chi connectivity index (χ2v) is 4.89. The van der Waals surface area contributed by atoms with Crippen molar-refractivity contribution in [1.82, 2.24) is 0 Å². The lowest BCUT2D eigenvalue weighted by Gasteiger charge is -2.23. The van der Waals surface area contributed by atoms with Gasteiger partial charge in [0, 0.05) is 5.56 Å². The van der Waals surface area contributed by atoms with Crippen LogP contribution in [0.4, 0.5) is 0 Å². The molecule has 0 saturated heterocycles. The maximum atomic E-state index is 12.1. The van der Waals surface area contributed by atoms with Crippen LogP contribution in [-0.2, 0) is 14.3 Å². The van der Waals surface area contributed by atoms with Gasteiger partial charge in [0.15, 0.2) is 11.9 Å². The zero-order valence-corrected chi connectivity index (χ0v) is 12.2. The van der Waals surface area contributed by atoms with Crippen LogP contribution in [-0.4, -0.2) is 35.9 Å². The lowest BCUT2D eigenvalue weighted by atomic mass is 10.0. The van der Waals surface area contributed by atoms with Crippen molar-refractivity contribution in [2.75, 3.05) is 7.11 Å². The molecule has 1 unspecified atom stereocenters. The molecule has 1 heterocycles. The van der Waals surface area contributed by atoms with E-state index in [-0.39, 0.29) is 17.0 Å². The number of benzene rings is 1. The summed E-state index contributed by atoms with van der Waals surface area (Å²) in [6.07, 6.45) is 5.32. The Kier molecular flexibility index (Phi) is 3.80. The Balaban J connectivity index is 1.94. The van der Waals surface area contributed by atoms with Crippen LogP contribution in [0, 0.1) is 0 Å². The molecule has 6 heteroatoms.